The number of amides is 1. The maximum atomic E-state index is 12.2. The molecule has 2 aromatic heterocycles. The van der Waals surface area contributed by atoms with Crippen molar-refractivity contribution < 1.29 is 4.79 Å². The van der Waals surface area contributed by atoms with Crippen LogP contribution < -0.4 is 5.32 Å². The molecule has 112 valence electrons. The molecule has 3 rings (SSSR count). The van der Waals surface area contributed by atoms with Gasteiger partial charge in [-0.1, -0.05) is 20.8 Å². The van der Waals surface area contributed by atoms with E-state index in [0.717, 1.165) is 39.9 Å². The molecule has 0 bridgehead atoms. The summed E-state index contributed by atoms with van der Waals surface area (Å²) in [6.45, 7) is 9.05. The van der Waals surface area contributed by atoms with E-state index in [1.54, 1.807) is 11.3 Å². The minimum absolute atomic E-state index is 0.0297. The van der Waals surface area contributed by atoms with Crippen molar-refractivity contribution in [1.29, 1.82) is 0 Å². The lowest BCUT2D eigenvalue weighted by atomic mass is 9.88. The van der Waals surface area contributed by atoms with Crippen molar-refractivity contribution >= 4 is 17.2 Å². The molecule has 0 atom stereocenters. The van der Waals surface area contributed by atoms with Crippen molar-refractivity contribution in [2.24, 2.45) is 5.41 Å². The lowest BCUT2D eigenvalue weighted by Crippen LogP contribution is -2.32. The van der Waals surface area contributed by atoms with Gasteiger partial charge in [0, 0.05) is 12.2 Å². The molecule has 1 amide bonds. The molecule has 0 radical (unpaired) electrons. The maximum Gasteiger partial charge on any atom is 0.271 e. The van der Waals surface area contributed by atoms with Crippen molar-refractivity contribution in [3.63, 3.8) is 0 Å². The molecule has 0 saturated heterocycles. The highest BCUT2D eigenvalue weighted by molar-refractivity contribution is 7.15. The molecule has 5 nitrogen and oxygen atoms in total. The second kappa shape index (κ2) is 4.94. The molecular weight excluding hydrogens is 284 g/mol. The van der Waals surface area contributed by atoms with E-state index in [1.165, 1.54) is 0 Å². The van der Waals surface area contributed by atoms with E-state index in [9.17, 15) is 4.79 Å². The number of nitrogens with zero attached hydrogens (tertiary/aromatic N) is 2. The molecule has 0 aromatic carbocycles. The van der Waals surface area contributed by atoms with Crippen molar-refractivity contribution in [2.75, 3.05) is 6.54 Å². The number of thiazole rings is 1. The van der Waals surface area contributed by atoms with Crippen LogP contribution in [0.25, 0.3) is 10.7 Å². The van der Waals surface area contributed by atoms with Gasteiger partial charge < -0.3 is 10.3 Å². The minimum atomic E-state index is -0.0858. The molecule has 6 heteroatoms. The smallest absolute Gasteiger partial charge is 0.271 e. The molecule has 2 N–H and O–H groups in total. The number of H-pyrrole nitrogens is 1. The Hall–Kier alpha value is -1.69. The van der Waals surface area contributed by atoms with Crippen LogP contribution in [-0.4, -0.2) is 27.4 Å². The molecule has 0 aliphatic carbocycles. The number of rotatable bonds is 2. The zero-order chi connectivity index (χ0) is 15.2. The summed E-state index contributed by atoms with van der Waals surface area (Å²) in [5, 5.41) is 3.98. The SMILES string of the molecule is CCc1nc(C)sc1-c1nc2c([nH]1)CC(C)(C)CNC2=O. The van der Waals surface area contributed by atoms with Crippen LogP contribution in [0.15, 0.2) is 0 Å². The third-order valence-electron chi connectivity index (χ3n) is 3.73. The van der Waals surface area contributed by atoms with E-state index < -0.39 is 0 Å². The summed E-state index contributed by atoms with van der Waals surface area (Å²) in [4.78, 5) is 25.7. The van der Waals surface area contributed by atoms with Gasteiger partial charge in [-0.05, 0) is 25.2 Å². The fourth-order valence-electron chi connectivity index (χ4n) is 2.67. The molecule has 0 saturated carbocycles. The average Bonchev–Trinajstić information content (AvgIpc) is 2.96. The highest BCUT2D eigenvalue weighted by Gasteiger charge is 2.30. The van der Waals surface area contributed by atoms with Gasteiger partial charge in [-0.25, -0.2) is 9.97 Å². The first-order chi connectivity index (χ1) is 9.89. The Morgan fingerprint density at radius 2 is 2.10 bits per heavy atom. The largest absolute Gasteiger partial charge is 0.350 e. The van der Waals surface area contributed by atoms with Crippen LogP contribution in [-0.2, 0) is 12.8 Å². The van der Waals surface area contributed by atoms with Gasteiger partial charge in [-0.3, -0.25) is 4.79 Å². The molecule has 1 aliphatic heterocycles. The van der Waals surface area contributed by atoms with Gasteiger partial charge in [-0.2, -0.15) is 0 Å². The molecule has 0 fully saturated rings. The number of carbonyl (C=O) groups excluding carboxylic acids is 1. The van der Waals surface area contributed by atoms with Gasteiger partial charge in [0.15, 0.2) is 5.82 Å². The Labute approximate surface area is 128 Å². The second-order valence-electron chi connectivity index (χ2n) is 6.30. The summed E-state index contributed by atoms with van der Waals surface area (Å²) in [5.74, 6) is 0.688. The molecule has 21 heavy (non-hydrogen) atoms. The summed E-state index contributed by atoms with van der Waals surface area (Å²) in [5.41, 5.74) is 2.53. The third kappa shape index (κ3) is 2.60. The fourth-order valence-corrected chi connectivity index (χ4v) is 3.62. The van der Waals surface area contributed by atoms with Crippen LogP contribution >= 0.6 is 11.3 Å². The van der Waals surface area contributed by atoms with E-state index in [4.69, 9.17) is 0 Å². The number of imidazole rings is 1. The normalized spacial score (nSPS) is 17.2. The van der Waals surface area contributed by atoms with Crippen molar-refractivity contribution in [1.82, 2.24) is 20.3 Å². The van der Waals surface area contributed by atoms with Gasteiger partial charge >= 0.3 is 0 Å². The number of hydrogen-bond donors (Lipinski definition) is 2. The number of aryl methyl sites for hydroxylation is 2. The number of carbonyl (C=O) groups is 1. The van der Waals surface area contributed by atoms with Gasteiger partial charge in [-0.15, -0.1) is 11.3 Å². The number of aromatic nitrogens is 3. The average molecular weight is 304 g/mol. The van der Waals surface area contributed by atoms with E-state index in [-0.39, 0.29) is 11.3 Å². The summed E-state index contributed by atoms with van der Waals surface area (Å²) >= 11 is 1.63. The Morgan fingerprint density at radius 3 is 2.81 bits per heavy atom. The number of nitrogens with one attached hydrogen (secondary N) is 2. The first-order valence-electron chi connectivity index (χ1n) is 7.23. The first kappa shape index (κ1) is 14.3. The van der Waals surface area contributed by atoms with Gasteiger partial charge in [0.2, 0.25) is 0 Å². The lowest BCUT2D eigenvalue weighted by Gasteiger charge is -2.21. The van der Waals surface area contributed by atoms with Crippen molar-refractivity contribution in [2.45, 2.75) is 40.5 Å². The monoisotopic (exact) mass is 304 g/mol. The van der Waals surface area contributed by atoms with Gasteiger partial charge in [0.1, 0.15) is 5.69 Å². The zero-order valence-electron chi connectivity index (χ0n) is 12.8. The molecule has 1 aliphatic rings. The highest BCUT2D eigenvalue weighted by Crippen LogP contribution is 2.32. The predicted octanol–water partition coefficient (Wildman–Crippen LogP) is 2.72. The number of fused-ring (bicyclic) bond motifs is 1. The minimum Gasteiger partial charge on any atom is -0.350 e. The summed E-state index contributed by atoms with van der Waals surface area (Å²) in [7, 11) is 0. The Bertz CT molecular complexity index is 699. The van der Waals surface area contributed by atoms with Crippen LogP contribution in [0.4, 0.5) is 0 Å². The van der Waals surface area contributed by atoms with Crippen LogP contribution in [0.2, 0.25) is 0 Å². The zero-order valence-corrected chi connectivity index (χ0v) is 13.6. The Balaban J connectivity index is 2.08. The molecule has 0 unspecified atom stereocenters. The van der Waals surface area contributed by atoms with Crippen molar-refractivity contribution in [3.8, 4) is 10.7 Å². The topological polar surface area (TPSA) is 70.7 Å². The highest BCUT2D eigenvalue weighted by atomic mass is 32.1. The number of aromatic amines is 1. The Morgan fingerprint density at radius 1 is 1.33 bits per heavy atom. The van der Waals surface area contributed by atoms with E-state index >= 15 is 0 Å². The molecular formula is C15H20N4OS. The van der Waals surface area contributed by atoms with Gasteiger partial charge in [0.25, 0.3) is 5.91 Å². The van der Waals surface area contributed by atoms with Crippen molar-refractivity contribution in [3.05, 3.63) is 22.1 Å². The van der Waals surface area contributed by atoms with Crippen LogP contribution in [0.1, 0.15) is 47.7 Å². The van der Waals surface area contributed by atoms with Crippen LogP contribution in [0.3, 0.4) is 0 Å². The van der Waals surface area contributed by atoms with Crippen LogP contribution in [0.5, 0.6) is 0 Å². The molecule has 0 spiro atoms. The fraction of sp³-hybridized carbons (Fsp3) is 0.533. The molecule has 2 aromatic rings. The third-order valence-corrected chi connectivity index (χ3v) is 4.75. The lowest BCUT2D eigenvalue weighted by molar-refractivity contribution is 0.0940. The quantitative estimate of drug-likeness (QED) is 0.896. The predicted molar refractivity (Wildman–Crippen MR) is 83.6 cm³/mol. The van der Waals surface area contributed by atoms with Crippen LogP contribution in [0, 0.1) is 12.3 Å². The van der Waals surface area contributed by atoms with E-state index in [2.05, 4.69) is 41.0 Å². The summed E-state index contributed by atoms with van der Waals surface area (Å²) in [6, 6.07) is 0. The standard InChI is InChI=1S/C15H20N4OS/c1-5-9-12(21-8(2)17-9)13-18-10-6-15(3,4)7-16-14(20)11(10)19-13/h5-7H2,1-4H3,(H,16,20)(H,18,19). The maximum absolute atomic E-state index is 12.2. The van der Waals surface area contributed by atoms with E-state index in [0.29, 0.717) is 12.2 Å². The Kier molecular flexibility index (Phi) is 3.36. The first-order valence-corrected chi connectivity index (χ1v) is 8.05. The summed E-state index contributed by atoms with van der Waals surface area (Å²) < 4.78 is 0. The molecule has 3 heterocycles. The second-order valence-corrected chi connectivity index (χ2v) is 7.50. The van der Waals surface area contributed by atoms with E-state index in [1.807, 2.05) is 6.92 Å². The van der Waals surface area contributed by atoms with Gasteiger partial charge in [0.05, 0.1) is 15.6 Å². The number of hydrogen-bond acceptors (Lipinski definition) is 4. The summed E-state index contributed by atoms with van der Waals surface area (Å²) in [6.07, 6.45) is 1.68.